The van der Waals surface area contributed by atoms with Crippen molar-refractivity contribution in [1.82, 2.24) is 0 Å². The molecule has 0 spiro atoms. The standard InChI is InChI=1S/C14H8BrF2NO3/c15-9-6-11(16)14(12(17)7-9)13(19)5-8-1-3-10(4-2-8)18(20)21/h1-4,6-7H,5H2. The second-order valence-electron chi connectivity index (χ2n) is 4.27. The molecule has 0 radical (unpaired) electrons. The number of nitro benzene ring substituents is 1. The topological polar surface area (TPSA) is 60.2 Å². The number of nitro groups is 1. The van der Waals surface area contributed by atoms with E-state index in [4.69, 9.17) is 0 Å². The molecule has 0 N–H and O–H groups in total. The summed E-state index contributed by atoms with van der Waals surface area (Å²) in [6.45, 7) is 0. The van der Waals surface area contributed by atoms with Crippen LogP contribution in [0.4, 0.5) is 14.5 Å². The van der Waals surface area contributed by atoms with E-state index in [2.05, 4.69) is 15.9 Å². The molecule has 0 saturated carbocycles. The quantitative estimate of drug-likeness (QED) is 0.472. The molecule has 21 heavy (non-hydrogen) atoms. The Morgan fingerprint density at radius 2 is 1.67 bits per heavy atom. The number of nitrogens with zero attached hydrogens (tertiary/aromatic N) is 1. The minimum absolute atomic E-state index is 0.118. The Hall–Kier alpha value is -2.15. The summed E-state index contributed by atoms with van der Waals surface area (Å²) in [5, 5.41) is 10.5. The first-order chi connectivity index (χ1) is 9.88. The van der Waals surface area contributed by atoms with Gasteiger partial charge in [0, 0.05) is 23.0 Å². The Morgan fingerprint density at radius 1 is 1.14 bits per heavy atom. The van der Waals surface area contributed by atoms with E-state index >= 15 is 0 Å². The number of hydrogen-bond acceptors (Lipinski definition) is 3. The number of non-ortho nitro benzene ring substituents is 1. The maximum atomic E-state index is 13.7. The van der Waals surface area contributed by atoms with E-state index in [-0.39, 0.29) is 16.6 Å². The van der Waals surface area contributed by atoms with Gasteiger partial charge < -0.3 is 0 Å². The van der Waals surface area contributed by atoms with Crippen LogP contribution in [-0.2, 0) is 6.42 Å². The normalized spacial score (nSPS) is 10.4. The van der Waals surface area contributed by atoms with Crippen LogP contribution in [0.3, 0.4) is 0 Å². The number of rotatable bonds is 4. The predicted molar refractivity (Wildman–Crippen MR) is 75.2 cm³/mol. The summed E-state index contributed by atoms with van der Waals surface area (Å²) in [5.41, 5.74) is -0.295. The van der Waals surface area contributed by atoms with Crippen LogP contribution in [-0.4, -0.2) is 10.7 Å². The van der Waals surface area contributed by atoms with Gasteiger partial charge in [-0.1, -0.05) is 28.1 Å². The zero-order chi connectivity index (χ0) is 15.6. The van der Waals surface area contributed by atoms with Crippen molar-refractivity contribution in [2.45, 2.75) is 6.42 Å². The molecule has 7 heteroatoms. The molecule has 0 aliphatic carbocycles. The van der Waals surface area contributed by atoms with E-state index in [9.17, 15) is 23.7 Å². The highest BCUT2D eigenvalue weighted by molar-refractivity contribution is 9.10. The lowest BCUT2D eigenvalue weighted by Crippen LogP contribution is -2.09. The van der Waals surface area contributed by atoms with Gasteiger partial charge in [0.25, 0.3) is 5.69 Å². The summed E-state index contributed by atoms with van der Waals surface area (Å²) in [4.78, 5) is 21.9. The number of carbonyl (C=O) groups excluding carboxylic acids is 1. The van der Waals surface area contributed by atoms with Crippen molar-refractivity contribution in [2.75, 3.05) is 0 Å². The third-order valence-corrected chi connectivity index (χ3v) is 3.26. The zero-order valence-corrected chi connectivity index (χ0v) is 12.1. The monoisotopic (exact) mass is 355 g/mol. The summed E-state index contributed by atoms with van der Waals surface area (Å²) in [6, 6.07) is 7.24. The molecule has 108 valence electrons. The van der Waals surface area contributed by atoms with Gasteiger partial charge in [0.05, 0.1) is 10.5 Å². The Bertz CT molecular complexity index is 694. The highest BCUT2D eigenvalue weighted by Crippen LogP contribution is 2.21. The molecule has 0 amide bonds. The molecule has 0 atom stereocenters. The lowest BCUT2D eigenvalue weighted by atomic mass is 10.0. The summed E-state index contributed by atoms with van der Waals surface area (Å²) in [5.74, 6) is -2.63. The van der Waals surface area contributed by atoms with Crippen molar-refractivity contribution in [3.63, 3.8) is 0 Å². The van der Waals surface area contributed by atoms with Crippen LogP contribution in [0.1, 0.15) is 15.9 Å². The van der Waals surface area contributed by atoms with Gasteiger partial charge in [-0.2, -0.15) is 0 Å². The first-order valence-electron chi connectivity index (χ1n) is 5.79. The fourth-order valence-electron chi connectivity index (χ4n) is 1.82. The molecule has 2 aromatic rings. The number of carbonyl (C=O) groups is 1. The average molecular weight is 356 g/mol. The molecule has 0 aromatic heterocycles. The molecule has 0 heterocycles. The van der Waals surface area contributed by atoms with E-state index in [1.54, 1.807) is 0 Å². The van der Waals surface area contributed by atoms with Crippen molar-refractivity contribution in [1.29, 1.82) is 0 Å². The molecule has 0 aliphatic heterocycles. The second-order valence-corrected chi connectivity index (χ2v) is 5.18. The van der Waals surface area contributed by atoms with Crippen LogP contribution in [0.2, 0.25) is 0 Å². The smallest absolute Gasteiger partial charge is 0.269 e. The summed E-state index contributed by atoms with van der Waals surface area (Å²) >= 11 is 2.93. The fourth-order valence-corrected chi connectivity index (χ4v) is 2.22. The average Bonchev–Trinajstić information content (AvgIpc) is 2.37. The molecular weight excluding hydrogens is 348 g/mol. The van der Waals surface area contributed by atoms with Crippen molar-refractivity contribution < 1.29 is 18.5 Å². The summed E-state index contributed by atoms with van der Waals surface area (Å²) in [6.07, 6.45) is -0.243. The van der Waals surface area contributed by atoms with Gasteiger partial charge in [-0.15, -0.1) is 0 Å². The van der Waals surface area contributed by atoms with Crippen LogP contribution >= 0.6 is 15.9 Å². The Kier molecular flexibility index (Phi) is 4.42. The molecule has 0 bridgehead atoms. The van der Waals surface area contributed by atoms with Crippen LogP contribution in [0.5, 0.6) is 0 Å². The molecule has 0 saturated heterocycles. The second kappa shape index (κ2) is 6.09. The lowest BCUT2D eigenvalue weighted by Gasteiger charge is -2.05. The van der Waals surface area contributed by atoms with E-state index < -0.39 is 27.9 Å². The summed E-state index contributed by atoms with van der Waals surface area (Å²) in [7, 11) is 0. The molecule has 0 fully saturated rings. The van der Waals surface area contributed by atoms with E-state index in [0.29, 0.717) is 5.56 Å². The van der Waals surface area contributed by atoms with Crippen molar-refractivity contribution in [3.8, 4) is 0 Å². The maximum Gasteiger partial charge on any atom is 0.269 e. The highest BCUT2D eigenvalue weighted by atomic mass is 79.9. The van der Waals surface area contributed by atoms with E-state index in [0.717, 1.165) is 12.1 Å². The van der Waals surface area contributed by atoms with E-state index in [1.165, 1.54) is 24.3 Å². The first-order valence-corrected chi connectivity index (χ1v) is 6.59. The molecule has 0 unspecified atom stereocenters. The minimum Gasteiger partial charge on any atom is -0.294 e. The minimum atomic E-state index is -0.950. The third kappa shape index (κ3) is 3.49. The zero-order valence-electron chi connectivity index (χ0n) is 10.5. The van der Waals surface area contributed by atoms with Crippen LogP contribution in [0.15, 0.2) is 40.9 Å². The molecular formula is C14H8BrF2NO3. The van der Waals surface area contributed by atoms with E-state index in [1.807, 2.05) is 0 Å². The first kappa shape index (κ1) is 15.2. The Morgan fingerprint density at radius 3 is 2.14 bits per heavy atom. The van der Waals surface area contributed by atoms with Gasteiger partial charge in [0.2, 0.25) is 0 Å². The van der Waals surface area contributed by atoms with Gasteiger partial charge in [-0.05, 0) is 17.7 Å². The summed E-state index contributed by atoms with van der Waals surface area (Å²) < 4.78 is 27.5. The molecule has 0 aliphatic rings. The Balaban J connectivity index is 2.24. The van der Waals surface area contributed by atoms with Gasteiger partial charge >= 0.3 is 0 Å². The lowest BCUT2D eigenvalue weighted by molar-refractivity contribution is -0.384. The van der Waals surface area contributed by atoms with Crippen molar-refractivity contribution in [3.05, 3.63) is 73.7 Å². The number of ketones is 1. The van der Waals surface area contributed by atoms with Crippen LogP contribution in [0, 0.1) is 21.7 Å². The number of Topliss-reactive ketones (excluding diaryl/α,β-unsaturated/α-hetero) is 1. The number of benzene rings is 2. The third-order valence-electron chi connectivity index (χ3n) is 2.80. The van der Waals surface area contributed by atoms with Crippen molar-refractivity contribution >= 4 is 27.4 Å². The highest BCUT2D eigenvalue weighted by Gasteiger charge is 2.19. The van der Waals surface area contributed by atoms with Gasteiger partial charge in [-0.25, -0.2) is 8.78 Å². The van der Waals surface area contributed by atoms with Gasteiger partial charge in [0.1, 0.15) is 11.6 Å². The Labute approximate surface area is 126 Å². The predicted octanol–water partition coefficient (Wildman–Crippen LogP) is 4.06. The van der Waals surface area contributed by atoms with Crippen LogP contribution in [0.25, 0.3) is 0 Å². The fraction of sp³-hybridized carbons (Fsp3) is 0.0714. The maximum absolute atomic E-state index is 13.7. The SMILES string of the molecule is O=C(Cc1ccc([N+](=O)[O-])cc1)c1c(F)cc(Br)cc1F. The molecule has 2 aromatic carbocycles. The molecule has 4 nitrogen and oxygen atoms in total. The van der Waals surface area contributed by atoms with Gasteiger partial charge in [0.15, 0.2) is 5.78 Å². The van der Waals surface area contributed by atoms with Gasteiger partial charge in [-0.3, -0.25) is 14.9 Å². The van der Waals surface area contributed by atoms with Crippen molar-refractivity contribution in [2.24, 2.45) is 0 Å². The number of hydrogen-bond donors (Lipinski definition) is 0. The largest absolute Gasteiger partial charge is 0.294 e. The molecule has 2 rings (SSSR count). The number of halogens is 3. The van der Waals surface area contributed by atoms with Crippen LogP contribution < -0.4 is 0 Å².